The maximum atomic E-state index is 12.6. The second kappa shape index (κ2) is 10.2. The van der Waals surface area contributed by atoms with Gasteiger partial charge in [-0.1, -0.05) is 41.4 Å². The van der Waals surface area contributed by atoms with Crippen molar-refractivity contribution in [2.45, 2.75) is 25.9 Å². The van der Waals surface area contributed by atoms with E-state index >= 15 is 0 Å². The molecule has 30 heavy (non-hydrogen) atoms. The highest BCUT2D eigenvalue weighted by molar-refractivity contribution is 6.31. The first-order valence-corrected chi connectivity index (χ1v) is 9.95. The number of rotatable bonds is 8. The van der Waals surface area contributed by atoms with Crippen molar-refractivity contribution in [1.29, 1.82) is 0 Å². The van der Waals surface area contributed by atoms with E-state index in [1.54, 1.807) is 55.5 Å². The molecule has 3 aromatic rings. The van der Waals surface area contributed by atoms with Crippen molar-refractivity contribution in [3.63, 3.8) is 0 Å². The van der Waals surface area contributed by atoms with Crippen LogP contribution in [0.15, 0.2) is 48.5 Å². The van der Waals surface area contributed by atoms with Crippen molar-refractivity contribution in [2.24, 2.45) is 0 Å². The number of carbonyl (C=O) groups excluding carboxylic acids is 2. The predicted molar refractivity (Wildman–Crippen MR) is 112 cm³/mol. The first-order chi connectivity index (χ1) is 14.5. The van der Waals surface area contributed by atoms with Crippen LogP contribution in [0.25, 0.3) is 11.4 Å². The van der Waals surface area contributed by atoms with Crippen LogP contribution in [0.4, 0.5) is 0 Å². The van der Waals surface area contributed by atoms with Crippen molar-refractivity contribution in [3.05, 3.63) is 64.1 Å². The molecule has 2 aromatic carbocycles. The van der Waals surface area contributed by atoms with Gasteiger partial charge >= 0.3 is 5.97 Å². The van der Waals surface area contributed by atoms with Gasteiger partial charge in [-0.3, -0.25) is 9.59 Å². The third kappa shape index (κ3) is 5.77. The first kappa shape index (κ1) is 21.7. The van der Waals surface area contributed by atoms with Crippen LogP contribution >= 0.6 is 23.2 Å². The lowest BCUT2D eigenvalue weighted by Crippen LogP contribution is -2.34. The molecule has 0 saturated carbocycles. The largest absolute Gasteiger partial charge is 0.466 e. The molecule has 156 valence electrons. The molecular weight excluding hydrogens is 429 g/mol. The van der Waals surface area contributed by atoms with E-state index in [-0.39, 0.29) is 19.6 Å². The minimum atomic E-state index is -0.649. The molecule has 0 aliphatic rings. The fraction of sp³-hybridized carbons (Fsp3) is 0.250. The number of halogens is 2. The Kier molecular flexibility index (Phi) is 7.37. The Hall–Kier alpha value is -2.97. The van der Waals surface area contributed by atoms with Gasteiger partial charge in [0.15, 0.2) is 0 Å². The SMILES string of the molecule is CCOC(=O)C[C@@H](NC(=O)Cn1nnc(-c2ccc(Cl)cc2)n1)c1ccccc1Cl. The zero-order valence-electron chi connectivity index (χ0n) is 16.1. The van der Waals surface area contributed by atoms with Crippen LogP contribution in [0.2, 0.25) is 10.0 Å². The van der Waals surface area contributed by atoms with Gasteiger partial charge in [-0.25, -0.2) is 0 Å². The number of amides is 1. The molecule has 0 fully saturated rings. The maximum Gasteiger partial charge on any atom is 0.308 e. The number of hydrogen-bond acceptors (Lipinski definition) is 6. The molecule has 0 radical (unpaired) electrons. The standard InChI is InChI=1S/C20H19Cl2N5O3/c1-2-30-19(29)11-17(15-5-3-4-6-16(15)22)23-18(28)12-27-25-20(24-26-27)13-7-9-14(21)10-8-13/h3-10,17H,2,11-12H2,1H3,(H,23,28)/t17-/m1/s1. The van der Waals surface area contributed by atoms with Crippen molar-refractivity contribution in [3.8, 4) is 11.4 Å². The topological polar surface area (TPSA) is 99.0 Å². The Balaban J connectivity index is 1.70. The first-order valence-electron chi connectivity index (χ1n) is 9.19. The summed E-state index contributed by atoms with van der Waals surface area (Å²) < 4.78 is 5.01. The molecule has 0 aliphatic heterocycles. The fourth-order valence-electron chi connectivity index (χ4n) is 2.78. The van der Waals surface area contributed by atoms with Crippen LogP contribution in [0.5, 0.6) is 0 Å². The summed E-state index contributed by atoms with van der Waals surface area (Å²) >= 11 is 12.1. The molecule has 1 heterocycles. The highest BCUT2D eigenvalue weighted by atomic mass is 35.5. The van der Waals surface area contributed by atoms with E-state index in [1.165, 1.54) is 4.80 Å². The Labute approximate surface area is 183 Å². The van der Waals surface area contributed by atoms with E-state index in [4.69, 9.17) is 27.9 Å². The zero-order chi connectivity index (χ0) is 21.5. The summed E-state index contributed by atoms with van der Waals surface area (Å²) in [7, 11) is 0. The molecule has 0 bridgehead atoms. The van der Waals surface area contributed by atoms with Crippen molar-refractivity contribution in [2.75, 3.05) is 6.61 Å². The average molecular weight is 448 g/mol. The van der Waals surface area contributed by atoms with Gasteiger partial charge in [0.25, 0.3) is 0 Å². The number of hydrogen-bond donors (Lipinski definition) is 1. The predicted octanol–water partition coefficient (Wildman–Crippen LogP) is 3.46. The molecule has 1 N–H and O–H groups in total. The molecule has 3 rings (SSSR count). The number of nitrogens with one attached hydrogen (secondary N) is 1. The highest BCUT2D eigenvalue weighted by Gasteiger charge is 2.22. The molecule has 1 atom stereocenters. The third-order valence-electron chi connectivity index (χ3n) is 4.13. The molecule has 1 aromatic heterocycles. The lowest BCUT2D eigenvalue weighted by atomic mass is 10.0. The molecule has 0 spiro atoms. The molecule has 1 amide bonds. The fourth-order valence-corrected chi connectivity index (χ4v) is 3.17. The van der Waals surface area contributed by atoms with Crippen LogP contribution in [0.3, 0.4) is 0 Å². The number of aromatic nitrogens is 4. The Morgan fingerprint density at radius 1 is 1.13 bits per heavy atom. The minimum Gasteiger partial charge on any atom is -0.466 e. The van der Waals surface area contributed by atoms with Gasteiger partial charge in [-0.2, -0.15) is 4.80 Å². The molecule has 0 aliphatic carbocycles. The lowest BCUT2D eigenvalue weighted by Gasteiger charge is -2.19. The van der Waals surface area contributed by atoms with Crippen LogP contribution in [-0.4, -0.2) is 38.7 Å². The lowest BCUT2D eigenvalue weighted by molar-refractivity contribution is -0.143. The summed E-state index contributed by atoms with van der Waals surface area (Å²) in [5.41, 5.74) is 1.34. The number of carbonyl (C=O) groups is 2. The highest BCUT2D eigenvalue weighted by Crippen LogP contribution is 2.25. The number of tetrazole rings is 1. The van der Waals surface area contributed by atoms with E-state index in [0.29, 0.717) is 21.4 Å². The Bertz CT molecular complexity index is 1020. The van der Waals surface area contributed by atoms with Gasteiger partial charge in [0.2, 0.25) is 11.7 Å². The van der Waals surface area contributed by atoms with E-state index in [2.05, 4.69) is 20.7 Å². The van der Waals surface area contributed by atoms with Crippen molar-refractivity contribution < 1.29 is 14.3 Å². The van der Waals surface area contributed by atoms with Gasteiger partial charge in [0.05, 0.1) is 19.1 Å². The van der Waals surface area contributed by atoms with E-state index in [1.807, 2.05) is 0 Å². The Morgan fingerprint density at radius 2 is 1.87 bits per heavy atom. The summed E-state index contributed by atoms with van der Waals surface area (Å²) in [4.78, 5) is 25.8. The van der Waals surface area contributed by atoms with E-state index in [0.717, 1.165) is 5.56 Å². The van der Waals surface area contributed by atoms with Gasteiger partial charge in [0, 0.05) is 15.6 Å². The third-order valence-corrected chi connectivity index (χ3v) is 4.73. The summed E-state index contributed by atoms with van der Waals surface area (Å²) in [5, 5.41) is 15.9. The zero-order valence-corrected chi connectivity index (χ0v) is 17.6. The Morgan fingerprint density at radius 3 is 2.57 bits per heavy atom. The van der Waals surface area contributed by atoms with Crippen LogP contribution in [0.1, 0.15) is 24.9 Å². The van der Waals surface area contributed by atoms with Crippen molar-refractivity contribution in [1.82, 2.24) is 25.5 Å². The monoisotopic (exact) mass is 447 g/mol. The summed E-state index contributed by atoms with van der Waals surface area (Å²) in [5.74, 6) is -0.468. The number of ether oxygens (including phenoxy) is 1. The van der Waals surface area contributed by atoms with Crippen LogP contribution < -0.4 is 5.32 Å². The molecule has 10 heteroatoms. The van der Waals surface area contributed by atoms with Crippen LogP contribution in [0, 0.1) is 0 Å². The molecule has 8 nitrogen and oxygen atoms in total. The number of benzene rings is 2. The van der Waals surface area contributed by atoms with E-state index < -0.39 is 17.9 Å². The summed E-state index contributed by atoms with van der Waals surface area (Å²) in [6, 6.07) is 13.3. The molecule has 0 unspecified atom stereocenters. The van der Waals surface area contributed by atoms with Gasteiger partial charge in [0.1, 0.15) is 6.54 Å². The van der Waals surface area contributed by atoms with Gasteiger partial charge in [-0.15, -0.1) is 10.2 Å². The van der Waals surface area contributed by atoms with Gasteiger partial charge < -0.3 is 10.1 Å². The van der Waals surface area contributed by atoms with Crippen molar-refractivity contribution >= 4 is 35.1 Å². The second-order valence-electron chi connectivity index (χ2n) is 6.30. The number of nitrogens with zero attached hydrogens (tertiary/aromatic N) is 4. The summed E-state index contributed by atoms with van der Waals surface area (Å²) in [6.45, 7) is 1.79. The maximum absolute atomic E-state index is 12.6. The van der Waals surface area contributed by atoms with Crippen LogP contribution in [-0.2, 0) is 20.9 Å². The quantitative estimate of drug-likeness (QED) is 0.530. The summed E-state index contributed by atoms with van der Waals surface area (Å²) in [6.07, 6.45) is -0.0515. The van der Waals surface area contributed by atoms with Gasteiger partial charge in [-0.05, 0) is 48.0 Å². The number of esters is 1. The average Bonchev–Trinajstić information content (AvgIpc) is 3.17. The molecule has 0 saturated heterocycles. The normalized spacial score (nSPS) is 11.7. The minimum absolute atomic E-state index is 0.0515. The smallest absolute Gasteiger partial charge is 0.308 e. The van der Waals surface area contributed by atoms with E-state index in [9.17, 15) is 9.59 Å². The molecular formula is C20H19Cl2N5O3. The second-order valence-corrected chi connectivity index (χ2v) is 7.14.